The molecule has 2 atom stereocenters. The molecule has 0 aromatic carbocycles. The highest BCUT2D eigenvalue weighted by atomic mass is 16.5. The van der Waals surface area contributed by atoms with Gasteiger partial charge in [-0.3, -0.25) is 14.7 Å². The normalized spacial score (nSPS) is 22.6. The van der Waals surface area contributed by atoms with Crippen molar-refractivity contribution in [2.45, 2.75) is 45.4 Å². The number of aromatic nitrogens is 2. The van der Waals surface area contributed by atoms with Gasteiger partial charge in [0.15, 0.2) is 6.10 Å². The van der Waals surface area contributed by atoms with E-state index in [4.69, 9.17) is 9.84 Å². The highest BCUT2D eigenvalue weighted by Crippen LogP contribution is 2.20. The van der Waals surface area contributed by atoms with E-state index >= 15 is 0 Å². The Bertz CT molecular complexity index is 616. The van der Waals surface area contributed by atoms with Gasteiger partial charge in [0.2, 0.25) is 0 Å². The minimum absolute atomic E-state index is 0.166. The predicted octanol–water partition coefficient (Wildman–Crippen LogP) is -0.214. The molecule has 2 heterocycles. The summed E-state index contributed by atoms with van der Waals surface area (Å²) < 4.78 is 6.50. The van der Waals surface area contributed by atoms with E-state index in [1.54, 1.807) is 13.8 Å². The molecule has 1 aromatic rings. The van der Waals surface area contributed by atoms with Crippen LogP contribution in [-0.4, -0.2) is 33.1 Å². The van der Waals surface area contributed by atoms with Gasteiger partial charge < -0.3 is 9.84 Å². The van der Waals surface area contributed by atoms with Crippen LogP contribution < -0.4 is 11.1 Å². The number of ether oxygens (including phenoxy) is 1. The first-order valence-electron chi connectivity index (χ1n) is 6.08. The van der Waals surface area contributed by atoms with Crippen molar-refractivity contribution in [3.63, 3.8) is 0 Å². The second-order valence-corrected chi connectivity index (χ2v) is 4.77. The van der Waals surface area contributed by atoms with Crippen LogP contribution in [0.4, 0.5) is 0 Å². The van der Waals surface area contributed by atoms with E-state index in [2.05, 4.69) is 5.10 Å². The van der Waals surface area contributed by atoms with Gasteiger partial charge in [-0.25, -0.2) is 9.48 Å². The molecule has 2 unspecified atom stereocenters. The number of carboxylic acids is 1. The average molecular weight is 268 g/mol. The first-order chi connectivity index (χ1) is 8.90. The molecule has 2 N–H and O–H groups in total. The van der Waals surface area contributed by atoms with Gasteiger partial charge in [-0.05, 0) is 26.7 Å². The Balaban J connectivity index is 2.20. The molecule has 19 heavy (non-hydrogen) atoms. The Morgan fingerprint density at radius 2 is 2.05 bits per heavy atom. The molecule has 1 saturated heterocycles. The monoisotopic (exact) mass is 268 g/mol. The number of nitrogens with zero attached hydrogens (tertiary/aromatic N) is 1. The lowest BCUT2D eigenvalue weighted by atomic mass is 10.2. The van der Waals surface area contributed by atoms with Gasteiger partial charge in [0, 0.05) is 11.1 Å². The van der Waals surface area contributed by atoms with Crippen molar-refractivity contribution in [2.24, 2.45) is 0 Å². The van der Waals surface area contributed by atoms with E-state index in [1.807, 2.05) is 0 Å². The minimum Gasteiger partial charge on any atom is -0.479 e. The quantitative estimate of drug-likeness (QED) is 0.789. The summed E-state index contributed by atoms with van der Waals surface area (Å²) in [5.41, 5.74) is 0.206. The van der Waals surface area contributed by atoms with E-state index in [0.29, 0.717) is 24.0 Å². The van der Waals surface area contributed by atoms with Crippen molar-refractivity contribution in [2.75, 3.05) is 0 Å². The van der Waals surface area contributed by atoms with Crippen LogP contribution >= 0.6 is 0 Å². The van der Waals surface area contributed by atoms with E-state index in [0.717, 1.165) is 0 Å². The summed E-state index contributed by atoms with van der Waals surface area (Å²) in [6.45, 7) is 3.35. The highest BCUT2D eigenvalue weighted by molar-refractivity contribution is 5.72. The van der Waals surface area contributed by atoms with Gasteiger partial charge in [0.25, 0.3) is 11.1 Å². The summed E-state index contributed by atoms with van der Waals surface area (Å²) >= 11 is 0. The zero-order chi connectivity index (χ0) is 14.2. The first kappa shape index (κ1) is 13.5. The molecular formula is C12H16N2O5. The molecular weight excluding hydrogens is 252 g/mol. The van der Waals surface area contributed by atoms with Gasteiger partial charge >= 0.3 is 5.97 Å². The number of rotatable bonds is 3. The van der Waals surface area contributed by atoms with Crippen molar-refractivity contribution < 1.29 is 14.6 Å². The Hall–Kier alpha value is -1.89. The van der Waals surface area contributed by atoms with Gasteiger partial charge in [-0.1, -0.05) is 0 Å². The molecule has 0 saturated carbocycles. The standard InChI is InChI=1S/C12H16N2O5/c1-6-7(2)11(16)14(13-10(6)15)5-8-3-4-9(19-8)12(17)18/h8-9H,3-5H2,1-2H3,(H,13,15)(H,17,18). The smallest absolute Gasteiger partial charge is 0.332 e. The number of aliphatic carboxylic acids is 1. The summed E-state index contributed by atoms with van der Waals surface area (Å²) in [6, 6.07) is 0. The third kappa shape index (κ3) is 2.60. The highest BCUT2D eigenvalue weighted by Gasteiger charge is 2.31. The van der Waals surface area contributed by atoms with E-state index in [1.165, 1.54) is 4.68 Å². The molecule has 0 spiro atoms. The van der Waals surface area contributed by atoms with Gasteiger partial charge in [-0.15, -0.1) is 0 Å². The summed E-state index contributed by atoms with van der Waals surface area (Å²) in [7, 11) is 0. The van der Waals surface area contributed by atoms with Crippen molar-refractivity contribution in [1.82, 2.24) is 9.78 Å². The molecule has 1 aliphatic heterocycles. The van der Waals surface area contributed by atoms with Gasteiger partial charge in [0.05, 0.1) is 12.6 Å². The maximum atomic E-state index is 12.0. The topological polar surface area (TPSA) is 101 Å². The van der Waals surface area contributed by atoms with Crippen molar-refractivity contribution >= 4 is 5.97 Å². The van der Waals surface area contributed by atoms with Crippen LogP contribution in [-0.2, 0) is 16.1 Å². The molecule has 0 bridgehead atoms. The van der Waals surface area contributed by atoms with E-state index < -0.39 is 12.1 Å². The number of H-pyrrole nitrogens is 1. The molecule has 1 fully saturated rings. The van der Waals surface area contributed by atoms with Crippen LogP contribution in [0, 0.1) is 13.8 Å². The summed E-state index contributed by atoms with van der Waals surface area (Å²) in [5.74, 6) is -0.997. The van der Waals surface area contributed by atoms with Crippen LogP contribution in [0.3, 0.4) is 0 Å². The number of nitrogens with one attached hydrogen (secondary N) is 1. The first-order valence-corrected chi connectivity index (χ1v) is 6.08. The summed E-state index contributed by atoms with van der Waals surface area (Å²) in [6.07, 6.45) is -0.210. The molecule has 0 amide bonds. The fourth-order valence-corrected chi connectivity index (χ4v) is 2.14. The third-order valence-electron chi connectivity index (χ3n) is 3.47. The molecule has 0 aliphatic carbocycles. The fourth-order valence-electron chi connectivity index (χ4n) is 2.14. The number of carboxylic acid groups (broad SMARTS) is 1. The number of hydrogen-bond acceptors (Lipinski definition) is 4. The third-order valence-corrected chi connectivity index (χ3v) is 3.47. The van der Waals surface area contributed by atoms with Crippen molar-refractivity contribution in [3.8, 4) is 0 Å². The van der Waals surface area contributed by atoms with Crippen LogP contribution in [0.1, 0.15) is 24.0 Å². The summed E-state index contributed by atoms with van der Waals surface area (Å²) in [4.78, 5) is 34.3. The maximum Gasteiger partial charge on any atom is 0.332 e. The minimum atomic E-state index is -0.997. The van der Waals surface area contributed by atoms with Crippen LogP contribution in [0.15, 0.2) is 9.59 Å². The van der Waals surface area contributed by atoms with Gasteiger partial charge in [0.1, 0.15) is 0 Å². The largest absolute Gasteiger partial charge is 0.479 e. The SMILES string of the molecule is Cc1c(C)c(=O)n(CC2CCC(C(=O)O)O2)[nH]c1=O. The molecule has 104 valence electrons. The Labute approximate surface area is 108 Å². The molecule has 7 nitrogen and oxygen atoms in total. The lowest BCUT2D eigenvalue weighted by Crippen LogP contribution is -2.36. The second kappa shape index (κ2) is 5.00. The average Bonchev–Trinajstić information content (AvgIpc) is 2.82. The number of carbonyl (C=O) groups is 1. The lowest BCUT2D eigenvalue weighted by Gasteiger charge is -2.13. The lowest BCUT2D eigenvalue weighted by molar-refractivity contribution is -0.149. The molecule has 2 rings (SSSR count). The second-order valence-electron chi connectivity index (χ2n) is 4.77. The zero-order valence-corrected chi connectivity index (χ0v) is 10.8. The van der Waals surface area contributed by atoms with Crippen molar-refractivity contribution in [1.29, 1.82) is 0 Å². The van der Waals surface area contributed by atoms with E-state index in [-0.39, 0.29) is 23.8 Å². The molecule has 0 radical (unpaired) electrons. The maximum absolute atomic E-state index is 12.0. The molecule has 1 aromatic heterocycles. The Morgan fingerprint density at radius 1 is 1.37 bits per heavy atom. The van der Waals surface area contributed by atoms with Crippen LogP contribution in [0.5, 0.6) is 0 Å². The van der Waals surface area contributed by atoms with Crippen molar-refractivity contribution in [3.05, 3.63) is 31.8 Å². The number of hydrogen-bond donors (Lipinski definition) is 2. The fraction of sp³-hybridized carbons (Fsp3) is 0.583. The van der Waals surface area contributed by atoms with Crippen LogP contribution in [0.2, 0.25) is 0 Å². The molecule has 7 heteroatoms. The number of aromatic amines is 1. The van der Waals surface area contributed by atoms with E-state index in [9.17, 15) is 14.4 Å². The van der Waals surface area contributed by atoms with Gasteiger partial charge in [-0.2, -0.15) is 0 Å². The Kier molecular flexibility index (Phi) is 3.57. The summed E-state index contributed by atoms with van der Waals surface area (Å²) in [5, 5.41) is 11.3. The zero-order valence-electron chi connectivity index (χ0n) is 10.8. The predicted molar refractivity (Wildman–Crippen MR) is 66.3 cm³/mol. The van der Waals surface area contributed by atoms with Crippen LogP contribution in [0.25, 0.3) is 0 Å². The molecule has 1 aliphatic rings. The Morgan fingerprint density at radius 3 is 2.63 bits per heavy atom.